The average molecular weight is 286 g/mol. The molecule has 0 fully saturated rings. The summed E-state index contributed by atoms with van der Waals surface area (Å²) in [6, 6.07) is 13.9. The van der Waals surface area contributed by atoms with Crippen molar-refractivity contribution >= 4 is 18.0 Å². The van der Waals surface area contributed by atoms with Gasteiger partial charge >= 0.3 is 0 Å². The predicted octanol–water partition coefficient (Wildman–Crippen LogP) is 4.25. The maximum Gasteiger partial charge on any atom is 0.150 e. The second-order valence-electron chi connectivity index (χ2n) is 4.61. The molecular weight excluding hydrogens is 268 g/mol. The molecule has 2 rings (SSSR count). The number of hydrogen-bond acceptors (Lipinski definition) is 3. The highest BCUT2D eigenvalue weighted by Gasteiger charge is 2.05. The van der Waals surface area contributed by atoms with Crippen molar-refractivity contribution in [2.45, 2.75) is 18.4 Å². The summed E-state index contributed by atoms with van der Waals surface area (Å²) in [6.45, 7) is 2.13. The highest BCUT2D eigenvalue weighted by Crippen LogP contribution is 2.26. The first kappa shape index (κ1) is 14.7. The molecule has 3 heteroatoms. The summed E-state index contributed by atoms with van der Waals surface area (Å²) in [5.41, 5.74) is 4.42. The standard InChI is InChI=1S/C17H18O2S/c1-13-5-3-4-6-15(13)11-20-12-16-9-14(10-18)7-8-17(16)19-2/h3-10H,11-12H2,1-2H3. The minimum atomic E-state index is 0.692. The second-order valence-corrected chi connectivity index (χ2v) is 5.59. The van der Waals surface area contributed by atoms with Crippen LogP contribution in [0, 0.1) is 6.92 Å². The van der Waals surface area contributed by atoms with Crippen LogP contribution in [0.4, 0.5) is 0 Å². The molecule has 0 unspecified atom stereocenters. The molecule has 0 aliphatic heterocycles. The molecule has 2 nitrogen and oxygen atoms in total. The van der Waals surface area contributed by atoms with Gasteiger partial charge in [-0.05, 0) is 36.2 Å². The lowest BCUT2D eigenvalue weighted by Gasteiger charge is -2.10. The van der Waals surface area contributed by atoms with E-state index >= 15 is 0 Å². The number of aryl methyl sites for hydroxylation is 1. The summed E-state index contributed by atoms with van der Waals surface area (Å²) >= 11 is 1.83. The highest BCUT2D eigenvalue weighted by atomic mass is 32.2. The van der Waals surface area contributed by atoms with Crippen LogP contribution < -0.4 is 4.74 Å². The molecule has 104 valence electrons. The minimum absolute atomic E-state index is 0.692. The van der Waals surface area contributed by atoms with E-state index in [-0.39, 0.29) is 0 Å². The van der Waals surface area contributed by atoms with Gasteiger partial charge in [-0.1, -0.05) is 24.3 Å². The van der Waals surface area contributed by atoms with Gasteiger partial charge in [-0.2, -0.15) is 11.8 Å². The Morgan fingerprint density at radius 1 is 1.10 bits per heavy atom. The Balaban J connectivity index is 2.03. The smallest absolute Gasteiger partial charge is 0.150 e. The Morgan fingerprint density at radius 3 is 2.55 bits per heavy atom. The van der Waals surface area contributed by atoms with Gasteiger partial charge in [0.2, 0.25) is 0 Å². The number of rotatable bonds is 6. The zero-order valence-corrected chi connectivity index (χ0v) is 12.6. The molecule has 0 bridgehead atoms. The van der Waals surface area contributed by atoms with E-state index in [1.807, 2.05) is 23.9 Å². The summed E-state index contributed by atoms with van der Waals surface area (Å²) < 4.78 is 5.34. The molecule has 0 amide bonds. The SMILES string of the molecule is COc1ccc(C=O)cc1CSCc1ccccc1C. The molecule has 0 aliphatic carbocycles. The summed E-state index contributed by atoms with van der Waals surface area (Å²) in [5, 5.41) is 0. The fraction of sp³-hybridized carbons (Fsp3) is 0.235. The molecule has 0 heterocycles. The number of carbonyl (C=O) groups is 1. The van der Waals surface area contributed by atoms with Crippen molar-refractivity contribution < 1.29 is 9.53 Å². The maximum absolute atomic E-state index is 10.9. The van der Waals surface area contributed by atoms with Crippen molar-refractivity contribution in [1.29, 1.82) is 0 Å². The summed E-state index contributed by atoms with van der Waals surface area (Å²) in [7, 11) is 1.66. The van der Waals surface area contributed by atoms with E-state index in [0.29, 0.717) is 5.56 Å². The number of carbonyl (C=O) groups excluding carboxylic acids is 1. The lowest BCUT2D eigenvalue weighted by molar-refractivity contribution is 0.112. The zero-order chi connectivity index (χ0) is 14.4. The normalized spacial score (nSPS) is 10.3. The van der Waals surface area contributed by atoms with Crippen LogP contribution in [0.3, 0.4) is 0 Å². The number of hydrogen-bond donors (Lipinski definition) is 0. The molecule has 0 saturated heterocycles. The van der Waals surface area contributed by atoms with Crippen molar-refractivity contribution in [2.75, 3.05) is 7.11 Å². The van der Waals surface area contributed by atoms with E-state index in [9.17, 15) is 4.79 Å². The van der Waals surface area contributed by atoms with Crippen LogP contribution in [0.5, 0.6) is 5.75 Å². The molecule has 2 aromatic carbocycles. The Hall–Kier alpha value is -1.74. The van der Waals surface area contributed by atoms with Gasteiger partial charge in [0, 0.05) is 22.6 Å². The number of thioether (sulfide) groups is 1. The maximum atomic E-state index is 10.9. The van der Waals surface area contributed by atoms with Gasteiger partial charge in [-0.15, -0.1) is 0 Å². The van der Waals surface area contributed by atoms with Crippen LogP contribution in [-0.4, -0.2) is 13.4 Å². The molecular formula is C17H18O2S. The molecule has 2 aromatic rings. The van der Waals surface area contributed by atoms with Gasteiger partial charge in [-0.25, -0.2) is 0 Å². The summed E-state index contributed by atoms with van der Waals surface area (Å²) in [5.74, 6) is 2.63. The molecule has 0 spiro atoms. The molecule has 0 atom stereocenters. The van der Waals surface area contributed by atoms with E-state index in [1.54, 1.807) is 13.2 Å². The molecule has 0 saturated carbocycles. The fourth-order valence-corrected chi connectivity index (χ4v) is 3.12. The fourth-order valence-electron chi connectivity index (χ4n) is 2.03. The quantitative estimate of drug-likeness (QED) is 0.743. The van der Waals surface area contributed by atoms with Crippen molar-refractivity contribution in [1.82, 2.24) is 0 Å². The van der Waals surface area contributed by atoms with Crippen LogP contribution in [0.1, 0.15) is 27.0 Å². The number of aldehydes is 1. The monoisotopic (exact) mass is 286 g/mol. The van der Waals surface area contributed by atoms with Gasteiger partial charge in [0.15, 0.2) is 0 Å². The number of ether oxygens (including phenoxy) is 1. The first-order chi connectivity index (χ1) is 9.74. The van der Waals surface area contributed by atoms with Crippen LogP contribution in [0.25, 0.3) is 0 Å². The second kappa shape index (κ2) is 7.15. The van der Waals surface area contributed by atoms with Crippen molar-refractivity contribution in [2.24, 2.45) is 0 Å². The number of methoxy groups -OCH3 is 1. The number of benzene rings is 2. The summed E-state index contributed by atoms with van der Waals surface area (Å²) in [6.07, 6.45) is 0.870. The topological polar surface area (TPSA) is 26.3 Å². The van der Waals surface area contributed by atoms with E-state index < -0.39 is 0 Å². The molecule has 0 aromatic heterocycles. The lowest BCUT2D eigenvalue weighted by Crippen LogP contribution is -1.93. The highest BCUT2D eigenvalue weighted by molar-refractivity contribution is 7.97. The van der Waals surface area contributed by atoms with Gasteiger partial charge in [0.25, 0.3) is 0 Å². The molecule has 0 N–H and O–H groups in total. The Bertz CT molecular complexity index is 593. The first-order valence-electron chi connectivity index (χ1n) is 6.49. The average Bonchev–Trinajstić information content (AvgIpc) is 2.49. The molecule has 0 aliphatic rings. The van der Waals surface area contributed by atoms with Crippen LogP contribution in [-0.2, 0) is 11.5 Å². The van der Waals surface area contributed by atoms with Crippen molar-refractivity contribution in [3.8, 4) is 5.75 Å². The van der Waals surface area contributed by atoms with Gasteiger partial charge in [0.1, 0.15) is 12.0 Å². The third kappa shape index (κ3) is 3.64. The van der Waals surface area contributed by atoms with E-state index in [0.717, 1.165) is 29.1 Å². The van der Waals surface area contributed by atoms with Crippen LogP contribution in [0.2, 0.25) is 0 Å². The van der Waals surface area contributed by atoms with Crippen LogP contribution in [0.15, 0.2) is 42.5 Å². The van der Waals surface area contributed by atoms with Gasteiger partial charge < -0.3 is 4.74 Å². The third-order valence-electron chi connectivity index (χ3n) is 3.22. The van der Waals surface area contributed by atoms with E-state index in [4.69, 9.17) is 4.74 Å². The molecule has 20 heavy (non-hydrogen) atoms. The Morgan fingerprint density at radius 2 is 1.85 bits per heavy atom. The van der Waals surface area contributed by atoms with Crippen molar-refractivity contribution in [3.63, 3.8) is 0 Å². The van der Waals surface area contributed by atoms with E-state index in [2.05, 4.69) is 31.2 Å². The largest absolute Gasteiger partial charge is 0.496 e. The van der Waals surface area contributed by atoms with Crippen LogP contribution >= 0.6 is 11.8 Å². The summed E-state index contributed by atoms with van der Waals surface area (Å²) in [4.78, 5) is 10.9. The van der Waals surface area contributed by atoms with Gasteiger partial charge in [0.05, 0.1) is 7.11 Å². The lowest BCUT2D eigenvalue weighted by atomic mass is 10.1. The van der Waals surface area contributed by atoms with Gasteiger partial charge in [-0.3, -0.25) is 4.79 Å². The Kier molecular flexibility index (Phi) is 5.24. The zero-order valence-electron chi connectivity index (χ0n) is 11.8. The molecule has 0 radical (unpaired) electrons. The third-order valence-corrected chi connectivity index (χ3v) is 4.25. The predicted molar refractivity (Wildman–Crippen MR) is 84.6 cm³/mol. The first-order valence-corrected chi connectivity index (χ1v) is 7.64. The van der Waals surface area contributed by atoms with Crippen molar-refractivity contribution in [3.05, 3.63) is 64.7 Å². The Labute approximate surface area is 124 Å². The minimum Gasteiger partial charge on any atom is -0.496 e. The van der Waals surface area contributed by atoms with E-state index in [1.165, 1.54) is 11.1 Å².